The molecule has 2 aromatic rings. The average Bonchev–Trinajstić information content (AvgIpc) is 2.42. The molecule has 5 heteroatoms. The molecule has 0 aromatic carbocycles. The summed E-state index contributed by atoms with van der Waals surface area (Å²) in [6.07, 6.45) is 1.92. The van der Waals surface area contributed by atoms with E-state index in [-0.39, 0.29) is 0 Å². The first-order valence-corrected chi connectivity index (χ1v) is 44.3. The van der Waals surface area contributed by atoms with Gasteiger partial charge < -0.3 is 0 Å². The first kappa shape index (κ1) is 10.8. The Hall–Kier alpha value is 1.28. The molecule has 0 spiro atoms. The van der Waals surface area contributed by atoms with Crippen LogP contribution in [0.2, 0.25) is 0 Å². The van der Waals surface area contributed by atoms with E-state index in [1.165, 1.54) is 13.0 Å². The van der Waals surface area contributed by atoms with Crippen LogP contribution in [-0.4, -0.2) is 14.8 Å². The Morgan fingerprint density at radius 3 is 3.00 bits per heavy atom. The van der Waals surface area contributed by atoms with Crippen molar-refractivity contribution in [2.75, 3.05) is 0 Å². The van der Waals surface area contributed by atoms with E-state index in [9.17, 15) is 0 Å². The SMILES string of the molecule is Cc1cnc2c(c1)[c]([La][RaH])nn2C. The molecule has 0 radical (unpaired) electrons. The zero-order valence-electron chi connectivity index (χ0n) is 8.07. The van der Waals surface area contributed by atoms with Crippen LogP contribution in [-0.2, 0) is 7.05 Å². The van der Waals surface area contributed by atoms with E-state index in [0.717, 1.165) is 38.4 Å². The molecule has 61 valence electrons. The molecule has 3 nitrogen and oxygen atoms in total. The van der Waals surface area contributed by atoms with Crippen molar-refractivity contribution in [1.82, 2.24) is 14.8 Å². The summed E-state index contributed by atoms with van der Waals surface area (Å²) in [5.74, 6) is 0. The van der Waals surface area contributed by atoms with Crippen LogP contribution < -0.4 is 2.10 Å². The molecule has 0 fully saturated rings. The molecular weight excluding hydrogens is 503 g/mol. The van der Waals surface area contributed by atoms with Gasteiger partial charge in [-0.1, -0.05) is 0 Å². The Balaban J connectivity index is 2.81. The number of aromatic nitrogens is 3. The van der Waals surface area contributed by atoms with Crippen LogP contribution in [0.5, 0.6) is 0 Å². The number of rotatable bonds is 1. The molecule has 0 aliphatic carbocycles. The van der Waals surface area contributed by atoms with Crippen LogP contribution in [0.1, 0.15) is 5.56 Å². The van der Waals surface area contributed by atoms with Gasteiger partial charge in [-0.25, -0.2) is 0 Å². The van der Waals surface area contributed by atoms with Gasteiger partial charge in [-0.15, -0.1) is 0 Å². The third-order valence-corrected chi connectivity index (χ3v) is 21.5. The summed E-state index contributed by atoms with van der Waals surface area (Å²) in [6.45, 7) is 2.10. The van der Waals surface area contributed by atoms with Crippen molar-refractivity contribution < 1.29 is 52.6 Å². The van der Waals surface area contributed by atoms with Gasteiger partial charge in [0.1, 0.15) is 0 Å². The van der Waals surface area contributed by atoms with E-state index >= 15 is 0 Å². The Morgan fingerprint density at radius 1 is 1.54 bits per heavy atom. The molecule has 0 saturated heterocycles. The van der Waals surface area contributed by atoms with Crippen LogP contribution >= 0.6 is 0 Å². The molecular formula is C8H9LaN3Ra. The van der Waals surface area contributed by atoms with E-state index < -0.39 is 19.9 Å². The number of hydrogen-bond acceptors (Lipinski definition) is 2. The predicted octanol–water partition coefficient (Wildman–Crippen LogP) is 0.184. The fourth-order valence-electron chi connectivity index (χ4n) is 1.48. The minimum atomic E-state index is -0.547. The van der Waals surface area contributed by atoms with Crippen molar-refractivity contribution in [3.63, 3.8) is 0 Å². The van der Waals surface area contributed by atoms with Crippen molar-refractivity contribution in [2.45, 2.75) is 6.92 Å². The first-order valence-electron chi connectivity index (χ1n) is 4.31. The Bertz CT molecular complexity index is 452. The first-order chi connectivity index (χ1) is 6.22. The number of nitrogens with zero attached hydrogens (tertiary/aromatic N) is 3. The number of fused-ring (bicyclic) bond motifs is 1. The molecule has 13 heavy (non-hydrogen) atoms. The number of hydrogen-bond donors (Lipinski definition) is 0. The molecule has 2 heterocycles. The van der Waals surface area contributed by atoms with Gasteiger partial charge in [-0.3, -0.25) is 0 Å². The van der Waals surface area contributed by atoms with Crippen LogP contribution in [0.15, 0.2) is 12.3 Å². The van der Waals surface area contributed by atoms with E-state index in [0.29, 0.717) is 0 Å². The normalized spacial score (nSPS) is 10.2. The van der Waals surface area contributed by atoms with Crippen molar-refractivity contribution in [3.05, 3.63) is 17.8 Å². The average molecular weight is 512 g/mol. The second-order valence-electron chi connectivity index (χ2n) is 3.18. The van der Waals surface area contributed by atoms with Gasteiger partial charge in [-0.2, -0.15) is 0 Å². The van der Waals surface area contributed by atoms with Gasteiger partial charge in [0.15, 0.2) is 0 Å². The predicted molar refractivity (Wildman–Crippen MR) is 44.3 cm³/mol. The van der Waals surface area contributed by atoms with Gasteiger partial charge in [0.25, 0.3) is 0 Å². The summed E-state index contributed by atoms with van der Waals surface area (Å²) >= 11 is 0.187. The van der Waals surface area contributed by atoms with Crippen molar-refractivity contribution in [3.8, 4) is 0 Å². The van der Waals surface area contributed by atoms with Gasteiger partial charge in [0.05, 0.1) is 0 Å². The van der Waals surface area contributed by atoms with E-state index in [4.69, 9.17) is 0 Å². The van der Waals surface area contributed by atoms with Crippen LogP contribution in [0, 0.1) is 59.5 Å². The standard InChI is InChI=1S/C8H8N3.La.Ra.H/c1-6-3-7-5-10-11(2)8(7)9-4-6;;;/h3-4H,1-2H3;;;. The molecule has 0 saturated carbocycles. The molecule has 0 aliphatic heterocycles. The van der Waals surface area contributed by atoms with E-state index in [1.807, 2.05) is 17.9 Å². The van der Waals surface area contributed by atoms with E-state index in [2.05, 4.69) is 23.1 Å². The summed E-state index contributed by atoms with van der Waals surface area (Å²) in [5, 5.41) is 5.89. The molecule has 0 atom stereocenters. The Morgan fingerprint density at radius 2 is 2.31 bits per heavy atom. The maximum atomic E-state index is 4.55. The number of aryl methyl sites for hydroxylation is 2. The quantitative estimate of drug-likeness (QED) is 0.547. The molecule has 2 aromatic heterocycles. The summed E-state index contributed by atoms with van der Waals surface area (Å²) in [5.41, 5.74) is 2.31. The Kier molecular flexibility index (Phi) is 3.67. The van der Waals surface area contributed by atoms with Crippen LogP contribution in [0.4, 0.5) is 0 Å². The summed E-state index contributed by atoms with van der Waals surface area (Å²) in [6, 6.07) is 2.24. The third-order valence-electron chi connectivity index (χ3n) is 2.12. The third kappa shape index (κ3) is 2.11. The summed E-state index contributed by atoms with van der Waals surface area (Å²) in [7, 11) is 1.99. The van der Waals surface area contributed by atoms with Crippen molar-refractivity contribution in [1.29, 1.82) is 0 Å². The van der Waals surface area contributed by atoms with Crippen LogP contribution in [0.25, 0.3) is 11.0 Å². The molecule has 0 amide bonds. The second-order valence-corrected chi connectivity index (χ2v) is 24.0. The summed E-state index contributed by atoms with van der Waals surface area (Å²) in [4.78, 5) is 4.41. The van der Waals surface area contributed by atoms with Gasteiger partial charge in [-0.05, 0) is 0 Å². The molecule has 2 rings (SSSR count). The second kappa shape index (κ2) is 4.42. The zero-order chi connectivity index (χ0) is 9.42. The number of pyridine rings is 1. The minimum absolute atomic E-state index is 0.547. The topological polar surface area (TPSA) is 30.7 Å². The Labute approximate surface area is 110 Å². The molecule has 0 unspecified atom stereocenters. The maximum absolute atomic E-state index is 4.55. The van der Waals surface area contributed by atoms with Crippen LogP contribution in [0.3, 0.4) is 0 Å². The molecule has 0 N–H and O–H groups in total. The zero-order valence-corrected chi connectivity index (χ0v) is 19.9. The summed E-state index contributed by atoms with van der Waals surface area (Å²) < 4.78 is 3.37. The molecule has 0 bridgehead atoms. The van der Waals surface area contributed by atoms with Gasteiger partial charge in [0.2, 0.25) is 0 Å². The molecule has 0 aliphatic rings. The fourth-order valence-corrected chi connectivity index (χ4v) is 16.8. The van der Waals surface area contributed by atoms with Gasteiger partial charge in [0, 0.05) is 0 Å². The van der Waals surface area contributed by atoms with E-state index in [1.54, 1.807) is 0 Å². The fraction of sp³-hybridized carbons (Fsp3) is 0.250. The monoisotopic (exact) mass is 512 g/mol. The van der Waals surface area contributed by atoms with Crippen molar-refractivity contribution in [2.24, 2.45) is 7.05 Å². The van der Waals surface area contributed by atoms with Crippen molar-refractivity contribution >= 4 is 13.1 Å². The van der Waals surface area contributed by atoms with Gasteiger partial charge >= 0.3 is 112 Å².